The van der Waals surface area contributed by atoms with Gasteiger partial charge in [0.15, 0.2) is 0 Å². The van der Waals surface area contributed by atoms with Gasteiger partial charge in [0, 0.05) is 18.1 Å². The number of allylic oxidation sites excluding steroid dienone is 3. The van der Waals surface area contributed by atoms with E-state index in [2.05, 4.69) is 0 Å². The molecule has 0 atom stereocenters. The molecule has 1 aliphatic carbocycles. The summed E-state index contributed by atoms with van der Waals surface area (Å²) in [6.07, 6.45) is 4.60. The van der Waals surface area contributed by atoms with Crippen LogP contribution in [0.3, 0.4) is 0 Å². The average molecular weight is 196 g/mol. The Morgan fingerprint density at radius 3 is 2.29 bits per heavy atom. The summed E-state index contributed by atoms with van der Waals surface area (Å²) in [6.45, 7) is 1.96. The van der Waals surface area contributed by atoms with E-state index >= 15 is 0 Å². The van der Waals surface area contributed by atoms with Crippen LogP contribution in [0.2, 0.25) is 0 Å². The van der Waals surface area contributed by atoms with E-state index in [1.54, 1.807) is 21.3 Å². The molecule has 0 fully saturated rings. The maximum absolute atomic E-state index is 5.25. The highest BCUT2D eigenvalue weighted by Crippen LogP contribution is 2.24. The summed E-state index contributed by atoms with van der Waals surface area (Å²) in [5, 5.41) is 0. The van der Waals surface area contributed by atoms with Crippen molar-refractivity contribution in [1.29, 1.82) is 0 Å². The molecule has 3 nitrogen and oxygen atoms in total. The van der Waals surface area contributed by atoms with Gasteiger partial charge in [0.1, 0.15) is 17.3 Å². The highest BCUT2D eigenvalue weighted by molar-refractivity contribution is 5.36. The lowest BCUT2D eigenvalue weighted by molar-refractivity contribution is 0.269. The van der Waals surface area contributed by atoms with Crippen molar-refractivity contribution in [2.45, 2.75) is 13.3 Å². The van der Waals surface area contributed by atoms with Crippen LogP contribution in [0.4, 0.5) is 0 Å². The molecule has 0 radical (unpaired) electrons. The molecule has 0 spiro atoms. The molecule has 0 amide bonds. The lowest BCUT2D eigenvalue weighted by Crippen LogP contribution is -1.94. The fourth-order valence-corrected chi connectivity index (χ4v) is 1.37. The molecule has 1 aliphatic rings. The van der Waals surface area contributed by atoms with Crippen molar-refractivity contribution in [3.63, 3.8) is 0 Å². The van der Waals surface area contributed by atoms with E-state index in [-0.39, 0.29) is 0 Å². The summed E-state index contributed by atoms with van der Waals surface area (Å²) in [6, 6.07) is 0. The van der Waals surface area contributed by atoms with E-state index in [0.29, 0.717) is 0 Å². The Balaban J connectivity index is 3.07. The maximum atomic E-state index is 5.25. The lowest BCUT2D eigenvalue weighted by atomic mass is 10.2. The van der Waals surface area contributed by atoms with Gasteiger partial charge < -0.3 is 14.2 Å². The zero-order valence-electron chi connectivity index (χ0n) is 9.09. The summed E-state index contributed by atoms with van der Waals surface area (Å²) in [5.74, 6) is 2.49. The van der Waals surface area contributed by atoms with E-state index in [1.807, 2.05) is 19.1 Å². The Bertz CT molecular complexity index is 298. The first-order valence-corrected chi connectivity index (χ1v) is 4.46. The molecule has 0 N–H and O–H groups in total. The van der Waals surface area contributed by atoms with Crippen LogP contribution in [-0.2, 0) is 14.2 Å². The molecular weight excluding hydrogens is 180 g/mol. The third-order valence-corrected chi connectivity index (χ3v) is 2.22. The maximum Gasteiger partial charge on any atom is 0.128 e. The van der Waals surface area contributed by atoms with Gasteiger partial charge in [-0.1, -0.05) is 0 Å². The summed E-state index contributed by atoms with van der Waals surface area (Å²) in [5.41, 5.74) is 0.988. The topological polar surface area (TPSA) is 27.7 Å². The quantitative estimate of drug-likeness (QED) is 0.693. The predicted octanol–water partition coefficient (Wildman–Crippen LogP) is 2.37. The normalized spacial score (nSPS) is 16.9. The highest BCUT2D eigenvalue weighted by atomic mass is 16.5. The molecule has 0 aromatic rings. The fourth-order valence-electron chi connectivity index (χ4n) is 1.37. The van der Waals surface area contributed by atoms with Gasteiger partial charge in [-0.05, 0) is 13.0 Å². The fraction of sp³-hybridized carbons (Fsp3) is 0.455. The van der Waals surface area contributed by atoms with E-state index in [1.165, 1.54) is 0 Å². The molecule has 14 heavy (non-hydrogen) atoms. The second-order valence-corrected chi connectivity index (χ2v) is 2.98. The van der Waals surface area contributed by atoms with Gasteiger partial charge in [0.25, 0.3) is 0 Å². The SMILES string of the molecule is COC1=CC(OC)=C(C)C(OC)=CC1. The van der Waals surface area contributed by atoms with Crippen LogP contribution in [0.1, 0.15) is 13.3 Å². The Labute approximate surface area is 84.7 Å². The zero-order valence-corrected chi connectivity index (χ0v) is 9.09. The summed E-state index contributed by atoms with van der Waals surface area (Å²) in [7, 11) is 4.95. The van der Waals surface area contributed by atoms with Crippen molar-refractivity contribution < 1.29 is 14.2 Å². The van der Waals surface area contributed by atoms with E-state index < -0.39 is 0 Å². The second-order valence-electron chi connectivity index (χ2n) is 2.98. The van der Waals surface area contributed by atoms with Crippen molar-refractivity contribution in [3.8, 4) is 0 Å². The van der Waals surface area contributed by atoms with Crippen LogP contribution in [0, 0.1) is 0 Å². The minimum atomic E-state index is 0.726. The minimum absolute atomic E-state index is 0.726. The van der Waals surface area contributed by atoms with E-state index in [9.17, 15) is 0 Å². The van der Waals surface area contributed by atoms with Crippen LogP contribution < -0.4 is 0 Å². The Morgan fingerprint density at radius 1 is 1.07 bits per heavy atom. The predicted molar refractivity (Wildman–Crippen MR) is 54.5 cm³/mol. The highest BCUT2D eigenvalue weighted by Gasteiger charge is 2.12. The first-order chi connectivity index (χ1) is 6.72. The molecule has 0 aliphatic heterocycles. The van der Waals surface area contributed by atoms with Crippen LogP contribution >= 0.6 is 0 Å². The lowest BCUT2D eigenvalue weighted by Gasteiger charge is -2.08. The molecule has 0 aromatic carbocycles. The van der Waals surface area contributed by atoms with Crippen LogP contribution in [0.25, 0.3) is 0 Å². The van der Waals surface area contributed by atoms with Gasteiger partial charge in [-0.2, -0.15) is 0 Å². The monoisotopic (exact) mass is 196 g/mol. The smallest absolute Gasteiger partial charge is 0.128 e. The summed E-state index contributed by atoms with van der Waals surface area (Å²) < 4.78 is 15.7. The van der Waals surface area contributed by atoms with Crippen LogP contribution in [-0.4, -0.2) is 21.3 Å². The third-order valence-electron chi connectivity index (χ3n) is 2.22. The third kappa shape index (κ3) is 2.10. The Hall–Kier alpha value is -1.38. The largest absolute Gasteiger partial charge is 0.501 e. The molecule has 78 valence electrons. The molecular formula is C11H16O3. The molecule has 0 aromatic heterocycles. The molecule has 0 saturated heterocycles. The second kappa shape index (κ2) is 4.74. The molecule has 0 bridgehead atoms. The van der Waals surface area contributed by atoms with E-state index in [0.717, 1.165) is 29.3 Å². The molecule has 1 rings (SSSR count). The number of ether oxygens (including phenoxy) is 3. The van der Waals surface area contributed by atoms with Crippen molar-refractivity contribution in [2.24, 2.45) is 0 Å². The zero-order chi connectivity index (χ0) is 10.6. The van der Waals surface area contributed by atoms with Crippen molar-refractivity contribution in [1.82, 2.24) is 0 Å². The molecule has 3 heteroatoms. The number of hydrogen-bond donors (Lipinski definition) is 0. The minimum Gasteiger partial charge on any atom is -0.501 e. The Kier molecular flexibility index (Phi) is 3.63. The van der Waals surface area contributed by atoms with Gasteiger partial charge in [-0.15, -0.1) is 0 Å². The average Bonchev–Trinajstić information content (AvgIpc) is 2.37. The number of hydrogen-bond acceptors (Lipinski definition) is 3. The molecule has 0 saturated carbocycles. The van der Waals surface area contributed by atoms with Crippen LogP contribution in [0.15, 0.2) is 35.0 Å². The van der Waals surface area contributed by atoms with Crippen LogP contribution in [0.5, 0.6) is 0 Å². The van der Waals surface area contributed by atoms with E-state index in [4.69, 9.17) is 14.2 Å². The van der Waals surface area contributed by atoms with Gasteiger partial charge in [-0.3, -0.25) is 0 Å². The standard InChI is InChI=1S/C11H16O3/c1-8-10(13-3)6-5-9(12-2)7-11(8)14-4/h6-7H,5H2,1-4H3. The van der Waals surface area contributed by atoms with Crippen molar-refractivity contribution in [3.05, 3.63) is 35.0 Å². The van der Waals surface area contributed by atoms with Gasteiger partial charge >= 0.3 is 0 Å². The van der Waals surface area contributed by atoms with Gasteiger partial charge in [0.05, 0.1) is 21.3 Å². The van der Waals surface area contributed by atoms with Gasteiger partial charge in [0.2, 0.25) is 0 Å². The summed E-state index contributed by atoms with van der Waals surface area (Å²) in [4.78, 5) is 0. The molecule has 0 heterocycles. The number of rotatable bonds is 3. The first-order valence-electron chi connectivity index (χ1n) is 4.46. The first kappa shape index (κ1) is 10.7. The number of methoxy groups -OCH3 is 3. The van der Waals surface area contributed by atoms with Gasteiger partial charge in [-0.25, -0.2) is 0 Å². The summed E-state index contributed by atoms with van der Waals surface area (Å²) >= 11 is 0. The molecule has 0 unspecified atom stereocenters. The van der Waals surface area contributed by atoms with Crippen molar-refractivity contribution >= 4 is 0 Å². The van der Waals surface area contributed by atoms with Crippen molar-refractivity contribution in [2.75, 3.05) is 21.3 Å². The Morgan fingerprint density at radius 2 is 1.79 bits per heavy atom.